The van der Waals surface area contributed by atoms with Gasteiger partial charge in [-0.3, -0.25) is 9.20 Å². The molecule has 0 atom stereocenters. The second-order valence-electron chi connectivity index (χ2n) is 10.3. The second kappa shape index (κ2) is 11.0. The van der Waals surface area contributed by atoms with E-state index in [1.165, 1.54) is 0 Å². The van der Waals surface area contributed by atoms with Crippen LogP contribution in [-0.4, -0.2) is 34.0 Å². The Morgan fingerprint density at radius 1 is 0.744 bits per heavy atom. The smallest absolute Gasteiger partial charge is 0.216 e. The number of para-hydroxylation sites is 2. The molecule has 0 amide bonds. The van der Waals surface area contributed by atoms with Gasteiger partial charge in [0.05, 0.1) is 31.8 Å². The van der Waals surface area contributed by atoms with Gasteiger partial charge in [-0.2, -0.15) is 0 Å². The molecule has 5 aromatic carbocycles. The van der Waals surface area contributed by atoms with Gasteiger partial charge in [0.25, 0.3) is 0 Å². The van der Waals surface area contributed by atoms with E-state index in [2.05, 4.69) is 22.8 Å². The van der Waals surface area contributed by atoms with Crippen LogP contribution >= 0.6 is 0 Å². The molecule has 0 N–H and O–H groups in total. The van der Waals surface area contributed by atoms with E-state index in [9.17, 15) is 4.79 Å². The summed E-state index contributed by atoms with van der Waals surface area (Å²) in [6.45, 7) is 0.629. The SMILES string of the molecule is COc1ccc(C=CC(=O)c2c(-c3ccccc3)nc3n(Cc4ccccc4)c4ccccc4n23)c2c(OC)cccc12. The molecule has 0 saturated heterocycles. The molecule has 6 heteroatoms. The van der Waals surface area contributed by atoms with Crippen LogP contribution in [0, 0.1) is 0 Å². The first-order valence-corrected chi connectivity index (χ1v) is 14.1. The fraction of sp³-hybridized carbons (Fsp3) is 0.0811. The van der Waals surface area contributed by atoms with Gasteiger partial charge in [0.2, 0.25) is 11.6 Å². The lowest BCUT2D eigenvalue weighted by atomic mass is 10.0. The van der Waals surface area contributed by atoms with Crippen LogP contribution in [0.5, 0.6) is 11.5 Å². The predicted molar refractivity (Wildman–Crippen MR) is 172 cm³/mol. The highest BCUT2D eigenvalue weighted by Crippen LogP contribution is 2.36. The maximum atomic E-state index is 14.3. The number of carbonyl (C=O) groups is 1. The minimum atomic E-state index is -0.146. The van der Waals surface area contributed by atoms with Gasteiger partial charge < -0.3 is 14.0 Å². The van der Waals surface area contributed by atoms with Crippen molar-refractivity contribution >= 4 is 39.4 Å². The molecule has 43 heavy (non-hydrogen) atoms. The van der Waals surface area contributed by atoms with Crippen LogP contribution in [-0.2, 0) is 6.54 Å². The van der Waals surface area contributed by atoms with Crippen LogP contribution in [0.15, 0.2) is 121 Å². The number of methoxy groups -OCH3 is 2. The number of hydrogen-bond donors (Lipinski definition) is 0. The number of aromatic nitrogens is 3. The minimum Gasteiger partial charge on any atom is -0.496 e. The molecule has 2 aromatic heterocycles. The number of carbonyl (C=O) groups excluding carboxylic acids is 1. The standard InChI is InChI=1S/C37H29N3O3/c1-42-32-23-21-26(34-28(32)16-11-19-33(34)43-2)20-22-31(41)36-35(27-14-7-4-8-15-27)38-37-39(24-25-12-5-3-6-13-25)29-17-9-10-18-30(29)40(36)37/h3-23H,24H2,1-2H3. The Hall–Kier alpha value is -5.62. The first-order chi connectivity index (χ1) is 21.2. The summed E-state index contributed by atoms with van der Waals surface area (Å²) in [6, 6.07) is 38.0. The molecule has 0 saturated carbocycles. The van der Waals surface area contributed by atoms with E-state index in [-0.39, 0.29) is 5.78 Å². The van der Waals surface area contributed by atoms with Gasteiger partial charge >= 0.3 is 0 Å². The van der Waals surface area contributed by atoms with Crippen molar-refractivity contribution in [1.29, 1.82) is 0 Å². The summed E-state index contributed by atoms with van der Waals surface area (Å²) in [4.78, 5) is 19.4. The Balaban J connectivity index is 1.43. The van der Waals surface area contributed by atoms with Crippen LogP contribution in [0.2, 0.25) is 0 Å². The first kappa shape index (κ1) is 26.3. The monoisotopic (exact) mass is 563 g/mol. The lowest BCUT2D eigenvalue weighted by Crippen LogP contribution is -2.02. The summed E-state index contributed by atoms with van der Waals surface area (Å²) in [7, 11) is 3.30. The highest BCUT2D eigenvalue weighted by atomic mass is 16.5. The fourth-order valence-corrected chi connectivity index (χ4v) is 5.86. The van der Waals surface area contributed by atoms with E-state index < -0.39 is 0 Å². The number of rotatable bonds is 8. The van der Waals surface area contributed by atoms with Gasteiger partial charge in [-0.1, -0.05) is 97.1 Å². The van der Waals surface area contributed by atoms with Crippen molar-refractivity contribution in [3.8, 4) is 22.8 Å². The molecule has 210 valence electrons. The zero-order valence-electron chi connectivity index (χ0n) is 23.9. The predicted octanol–water partition coefficient (Wildman–Crippen LogP) is 8.07. The average molecular weight is 564 g/mol. The van der Waals surface area contributed by atoms with Crippen LogP contribution in [0.25, 0.3) is 44.9 Å². The summed E-state index contributed by atoms with van der Waals surface area (Å²) in [5.74, 6) is 2.03. The second-order valence-corrected chi connectivity index (χ2v) is 10.3. The zero-order chi connectivity index (χ0) is 29.3. The summed E-state index contributed by atoms with van der Waals surface area (Å²) in [5, 5.41) is 1.80. The van der Waals surface area contributed by atoms with Gasteiger partial charge in [0.1, 0.15) is 22.9 Å². The number of benzene rings is 5. The van der Waals surface area contributed by atoms with Gasteiger partial charge in [-0.25, -0.2) is 4.98 Å². The fourth-order valence-electron chi connectivity index (χ4n) is 5.86. The Labute approximate surface area is 249 Å². The molecule has 0 bridgehead atoms. The molecule has 0 unspecified atom stereocenters. The van der Waals surface area contributed by atoms with E-state index in [0.29, 0.717) is 23.7 Å². The van der Waals surface area contributed by atoms with Crippen LogP contribution in [0.4, 0.5) is 0 Å². The average Bonchev–Trinajstić information content (AvgIpc) is 3.60. The third kappa shape index (κ3) is 4.53. The Morgan fingerprint density at radius 3 is 2.19 bits per heavy atom. The van der Waals surface area contributed by atoms with Crippen LogP contribution < -0.4 is 9.47 Å². The normalized spacial score (nSPS) is 11.6. The molecule has 0 aliphatic rings. The number of nitrogens with zero attached hydrogens (tertiary/aromatic N) is 3. The third-order valence-electron chi connectivity index (χ3n) is 7.83. The lowest BCUT2D eigenvalue weighted by Gasteiger charge is -2.11. The van der Waals surface area contributed by atoms with E-state index in [1.54, 1.807) is 20.3 Å². The summed E-state index contributed by atoms with van der Waals surface area (Å²) in [6.07, 6.45) is 3.48. The Morgan fingerprint density at radius 2 is 1.44 bits per heavy atom. The quantitative estimate of drug-likeness (QED) is 0.139. The molecular weight excluding hydrogens is 534 g/mol. The molecule has 0 fully saturated rings. The molecule has 7 rings (SSSR count). The van der Waals surface area contributed by atoms with Crippen molar-refractivity contribution in [2.75, 3.05) is 14.2 Å². The minimum absolute atomic E-state index is 0.146. The van der Waals surface area contributed by atoms with Crippen LogP contribution in [0.1, 0.15) is 21.6 Å². The number of ether oxygens (including phenoxy) is 2. The Kier molecular flexibility index (Phi) is 6.72. The number of imidazole rings is 2. The molecular formula is C37H29N3O3. The number of fused-ring (bicyclic) bond motifs is 4. The molecule has 0 aliphatic carbocycles. The van der Waals surface area contributed by atoms with Crippen molar-refractivity contribution in [2.45, 2.75) is 6.54 Å². The van der Waals surface area contributed by atoms with E-state index >= 15 is 0 Å². The summed E-state index contributed by atoms with van der Waals surface area (Å²) < 4.78 is 15.5. The van der Waals surface area contributed by atoms with Gasteiger partial charge in [0, 0.05) is 16.3 Å². The topological polar surface area (TPSA) is 57.8 Å². The summed E-state index contributed by atoms with van der Waals surface area (Å²) in [5.41, 5.74) is 6.00. The molecule has 2 heterocycles. The highest BCUT2D eigenvalue weighted by molar-refractivity contribution is 6.12. The number of allylic oxidation sites excluding steroid dienone is 1. The maximum Gasteiger partial charge on any atom is 0.216 e. The van der Waals surface area contributed by atoms with E-state index in [1.807, 2.05) is 108 Å². The van der Waals surface area contributed by atoms with Crippen molar-refractivity contribution in [3.63, 3.8) is 0 Å². The highest BCUT2D eigenvalue weighted by Gasteiger charge is 2.24. The van der Waals surface area contributed by atoms with E-state index in [4.69, 9.17) is 14.5 Å². The zero-order valence-corrected chi connectivity index (χ0v) is 23.9. The van der Waals surface area contributed by atoms with Crippen molar-refractivity contribution in [3.05, 3.63) is 138 Å². The van der Waals surface area contributed by atoms with Crippen LogP contribution in [0.3, 0.4) is 0 Å². The van der Waals surface area contributed by atoms with Crippen molar-refractivity contribution < 1.29 is 14.3 Å². The Bertz CT molecular complexity index is 2140. The van der Waals surface area contributed by atoms with Gasteiger partial charge in [-0.15, -0.1) is 0 Å². The van der Waals surface area contributed by atoms with Gasteiger partial charge in [0.15, 0.2) is 0 Å². The number of ketones is 1. The molecule has 0 radical (unpaired) electrons. The van der Waals surface area contributed by atoms with Gasteiger partial charge in [-0.05, 0) is 41.5 Å². The first-order valence-electron chi connectivity index (χ1n) is 14.1. The van der Waals surface area contributed by atoms with E-state index in [0.717, 1.165) is 50.0 Å². The maximum absolute atomic E-state index is 14.3. The largest absolute Gasteiger partial charge is 0.496 e. The lowest BCUT2D eigenvalue weighted by molar-refractivity contribution is 0.104. The molecule has 6 nitrogen and oxygen atoms in total. The van der Waals surface area contributed by atoms with Crippen molar-refractivity contribution in [2.24, 2.45) is 0 Å². The third-order valence-corrected chi connectivity index (χ3v) is 7.83. The molecule has 7 aromatic rings. The summed E-state index contributed by atoms with van der Waals surface area (Å²) >= 11 is 0. The van der Waals surface area contributed by atoms with Crippen molar-refractivity contribution in [1.82, 2.24) is 14.0 Å². The molecule has 0 aliphatic heterocycles. The molecule has 0 spiro atoms. The number of hydrogen-bond acceptors (Lipinski definition) is 4.